The second-order valence-corrected chi connectivity index (χ2v) is 13.5. The predicted octanol–water partition coefficient (Wildman–Crippen LogP) is 4.34. The minimum absolute atomic E-state index is 0.0497. The lowest BCUT2D eigenvalue weighted by Crippen LogP contribution is -2.55. The summed E-state index contributed by atoms with van der Waals surface area (Å²) in [4.78, 5) is 32.1. The van der Waals surface area contributed by atoms with Crippen LogP contribution < -0.4 is 10.6 Å². The molecule has 0 unspecified atom stereocenters. The van der Waals surface area contributed by atoms with E-state index in [0.29, 0.717) is 43.4 Å². The summed E-state index contributed by atoms with van der Waals surface area (Å²) in [5, 5.41) is 40.7. The molecule has 47 heavy (non-hydrogen) atoms. The third-order valence-corrected chi connectivity index (χ3v) is 9.96. The first-order valence-electron chi connectivity index (χ1n) is 15.7. The monoisotopic (exact) mass is 661 g/mol. The van der Waals surface area contributed by atoms with Crippen LogP contribution in [-0.2, 0) is 24.1 Å². The highest BCUT2D eigenvalue weighted by molar-refractivity contribution is 7.11. The summed E-state index contributed by atoms with van der Waals surface area (Å²) in [6.07, 6.45) is 1.93. The van der Waals surface area contributed by atoms with E-state index in [-0.39, 0.29) is 30.1 Å². The summed E-state index contributed by atoms with van der Waals surface area (Å²) < 4.78 is 13.4. The molecule has 248 valence electrons. The van der Waals surface area contributed by atoms with Gasteiger partial charge in [0, 0.05) is 17.0 Å². The molecule has 1 fully saturated rings. The molecule has 11 heteroatoms. The van der Waals surface area contributed by atoms with Crippen LogP contribution in [0.25, 0.3) is 0 Å². The minimum atomic E-state index is -1.55. The quantitative estimate of drug-likeness (QED) is 0.119. The molecule has 0 spiro atoms. The van der Waals surface area contributed by atoms with E-state index in [0.717, 1.165) is 32.3 Å². The van der Waals surface area contributed by atoms with Gasteiger partial charge in [0.1, 0.15) is 17.1 Å². The zero-order chi connectivity index (χ0) is 33.7. The molecule has 2 heterocycles. The number of hydrogen-bond donors (Lipinski definition) is 5. The Hall–Kier alpha value is -4.00. The summed E-state index contributed by atoms with van der Waals surface area (Å²) in [5.74, 6) is -1.34. The lowest BCUT2D eigenvalue weighted by atomic mass is 9.78. The molecule has 3 aromatic carbocycles. The topological polar surface area (TPSA) is 157 Å². The fourth-order valence-corrected chi connectivity index (χ4v) is 6.95. The summed E-state index contributed by atoms with van der Waals surface area (Å²) in [6.45, 7) is 0.756. The van der Waals surface area contributed by atoms with Crippen LogP contribution in [0.2, 0.25) is 0 Å². The molecule has 1 aliphatic rings. The smallest absolute Gasteiger partial charge is 0.268 e. The van der Waals surface area contributed by atoms with Gasteiger partial charge in [0.25, 0.3) is 5.91 Å². The average molecular weight is 662 g/mol. The van der Waals surface area contributed by atoms with E-state index in [1.54, 1.807) is 17.0 Å². The number of aliphatic hydroxyl groups is 4. The van der Waals surface area contributed by atoms with Crippen molar-refractivity contribution in [2.75, 3.05) is 18.1 Å². The fraction of sp³-hybridized carbons (Fsp3) is 0.361. The van der Waals surface area contributed by atoms with Crippen LogP contribution in [0.3, 0.4) is 0 Å². The first kappa shape index (κ1) is 34.3. The second kappa shape index (κ2) is 14.8. The molecule has 1 saturated heterocycles. The van der Waals surface area contributed by atoms with Crippen LogP contribution in [0.15, 0.2) is 72.8 Å². The number of carbonyl (C=O) groups is 2. The SMILES string of the molecule is Cc1sc(CCc2ccc(N3C(=O)[C@H](CC[C@H](O)c4ccc(F)cc4)[C@H]3c3ccc(CCC(O)(CO)CO)cc3)cc2)nc1C(N)=O. The van der Waals surface area contributed by atoms with E-state index in [9.17, 15) is 34.4 Å². The van der Waals surface area contributed by atoms with Gasteiger partial charge in [0.2, 0.25) is 5.91 Å². The molecular formula is C36H40FN3O6S. The number of hydrogen-bond acceptors (Lipinski definition) is 8. The van der Waals surface area contributed by atoms with Gasteiger partial charge in [-0.1, -0.05) is 48.5 Å². The number of halogens is 1. The number of nitrogens with zero attached hydrogens (tertiary/aromatic N) is 2. The number of aromatic nitrogens is 1. The van der Waals surface area contributed by atoms with Crippen molar-refractivity contribution in [3.8, 4) is 0 Å². The number of benzene rings is 3. The van der Waals surface area contributed by atoms with Gasteiger partial charge in [-0.2, -0.15) is 0 Å². The van der Waals surface area contributed by atoms with Crippen molar-refractivity contribution in [3.63, 3.8) is 0 Å². The van der Waals surface area contributed by atoms with Crippen LogP contribution in [-0.4, -0.2) is 56.0 Å². The molecule has 6 N–H and O–H groups in total. The van der Waals surface area contributed by atoms with E-state index in [1.165, 1.54) is 23.5 Å². The normalized spacial score (nSPS) is 17.1. The third-order valence-electron chi connectivity index (χ3n) is 8.93. The number of primary amides is 1. The van der Waals surface area contributed by atoms with Crippen LogP contribution >= 0.6 is 11.3 Å². The van der Waals surface area contributed by atoms with Gasteiger partial charge >= 0.3 is 0 Å². The molecule has 0 saturated carbocycles. The number of amides is 2. The van der Waals surface area contributed by atoms with Crippen LogP contribution in [0.5, 0.6) is 0 Å². The van der Waals surface area contributed by atoms with E-state index >= 15 is 0 Å². The number of nitrogens with two attached hydrogens (primary N) is 1. The van der Waals surface area contributed by atoms with Crippen LogP contribution in [0, 0.1) is 18.7 Å². The Labute approximate surface area is 277 Å². The predicted molar refractivity (Wildman–Crippen MR) is 177 cm³/mol. The lowest BCUT2D eigenvalue weighted by Gasteiger charge is -2.48. The summed E-state index contributed by atoms with van der Waals surface area (Å²) in [5.41, 5.74) is 8.40. The molecule has 1 aliphatic heterocycles. The Bertz CT molecular complexity index is 1670. The highest BCUT2D eigenvalue weighted by Crippen LogP contribution is 2.46. The van der Waals surface area contributed by atoms with Crippen molar-refractivity contribution in [2.45, 2.75) is 63.2 Å². The molecule has 4 aromatic rings. The third kappa shape index (κ3) is 7.94. The molecule has 5 rings (SSSR count). The van der Waals surface area contributed by atoms with Crippen molar-refractivity contribution in [3.05, 3.63) is 116 Å². The molecular weight excluding hydrogens is 621 g/mol. The Morgan fingerprint density at radius 1 is 0.979 bits per heavy atom. The Morgan fingerprint density at radius 2 is 1.60 bits per heavy atom. The lowest BCUT2D eigenvalue weighted by molar-refractivity contribution is -0.131. The molecule has 0 aliphatic carbocycles. The number of aryl methyl sites for hydroxylation is 4. The maximum atomic E-state index is 13.6. The van der Waals surface area contributed by atoms with E-state index in [4.69, 9.17) is 5.73 Å². The summed E-state index contributed by atoms with van der Waals surface area (Å²) >= 11 is 1.46. The summed E-state index contributed by atoms with van der Waals surface area (Å²) in [6, 6.07) is 21.0. The maximum absolute atomic E-state index is 13.6. The van der Waals surface area contributed by atoms with Gasteiger partial charge in [-0.25, -0.2) is 9.37 Å². The van der Waals surface area contributed by atoms with Gasteiger partial charge in [-0.05, 0) is 85.5 Å². The van der Waals surface area contributed by atoms with E-state index in [2.05, 4.69) is 4.98 Å². The van der Waals surface area contributed by atoms with Gasteiger partial charge in [0.15, 0.2) is 0 Å². The van der Waals surface area contributed by atoms with E-state index in [1.807, 2.05) is 55.5 Å². The number of thiazole rings is 1. The Kier molecular flexibility index (Phi) is 10.8. The highest BCUT2D eigenvalue weighted by atomic mass is 32.1. The number of β-lactam (4-membered cyclic amide) rings is 1. The highest BCUT2D eigenvalue weighted by Gasteiger charge is 2.48. The standard InChI is InChI=1S/C36H40FN3O6S/c1-22-32(34(38)44)39-31(47-22)17-6-23-4-13-28(14-5-23)40-33(26-7-2-24(3-8-26)18-19-36(46,20-41)21-42)29(35(40)45)15-16-30(43)25-9-11-27(37)12-10-25/h2-5,7-14,29-30,33,41-43,46H,6,15-21H2,1H3,(H2,38,44)/t29-,30+,33-/m1/s1. The summed E-state index contributed by atoms with van der Waals surface area (Å²) in [7, 11) is 0. The van der Waals surface area contributed by atoms with Gasteiger partial charge in [-0.3, -0.25) is 9.59 Å². The largest absolute Gasteiger partial charge is 0.393 e. The zero-order valence-electron chi connectivity index (χ0n) is 26.2. The number of carbonyl (C=O) groups excluding carboxylic acids is 2. The Balaban J connectivity index is 1.31. The second-order valence-electron chi connectivity index (χ2n) is 12.2. The van der Waals surface area contributed by atoms with Crippen molar-refractivity contribution in [1.29, 1.82) is 0 Å². The van der Waals surface area contributed by atoms with Gasteiger partial charge in [-0.15, -0.1) is 11.3 Å². The number of aliphatic hydroxyl groups excluding tert-OH is 3. The van der Waals surface area contributed by atoms with Crippen molar-refractivity contribution in [1.82, 2.24) is 4.98 Å². The fourth-order valence-electron chi connectivity index (χ4n) is 6.02. The minimum Gasteiger partial charge on any atom is -0.393 e. The number of anilines is 1. The first-order chi connectivity index (χ1) is 22.5. The molecule has 2 amide bonds. The van der Waals surface area contributed by atoms with Gasteiger partial charge < -0.3 is 31.1 Å². The maximum Gasteiger partial charge on any atom is 0.268 e. The molecule has 0 bridgehead atoms. The molecule has 0 radical (unpaired) electrons. The van der Waals surface area contributed by atoms with Crippen molar-refractivity contribution < 1.29 is 34.4 Å². The zero-order valence-corrected chi connectivity index (χ0v) is 27.0. The van der Waals surface area contributed by atoms with Gasteiger partial charge in [0.05, 0.1) is 36.3 Å². The van der Waals surface area contributed by atoms with E-state index < -0.39 is 30.8 Å². The van der Waals surface area contributed by atoms with Crippen molar-refractivity contribution >= 4 is 28.8 Å². The Morgan fingerprint density at radius 3 is 2.19 bits per heavy atom. The van der Waals surface area contributed by atoms with Crippen molar-refractivity contribution in [2.24, 2.45) is 11.7 Å². The first-order valence-corrected chi connectivity index (χ1v) is 16.5. The molecule has 9 nitrogen and oxygen atoms in total. The molecule has 1 aromatic heterocycles. The van der Waals surface area contributed by atoms with Crippen LogP contribution in [0.1, 0.15) is 74.0 Å². The average Bonchev–Trinajstić information content (AvgIpc) is 3.46. The van der Waals surface area contributed by atoms with Crippen LogP contribution in [0.4, 0.5) is 10.1 Å². The number of rotatable bonds is 15. The molecule has 3 atom stereocenters.